The van der Waals surface area contributed by atoms with Gasteiger partial charge in [-0.1, -0.05) is 0 Å². The van der Waals surface area contributed by atoms with E-state index >= 15 is 0 Å². The normalized spacial score (nSPS) is 26.2. The topological polar surface area (TPSA) is 229 Å². The average molecular weight is 506 g/mol. The molecule has 0 bridgehead atoms. The van der Waals surface area contributed by atoms with Gasteiger partial charge in [0.1, 0.15) is 18.8 Å². The van der Waals surface area contributed by atoms with E-state index in [4.69, 9.17) is 23.7 Å². The van der Waals surface area contributed by atoms with Crippen LogP contribution in [0.3, 0.4) is 0 Å². The number of ether oxygens (including phenoxy) is 5. The van der Waals surface area contributed by atoms with Gasteiger partial charge in [0.2, 0.25) is 0 Å². The lowest BCUT2D eigenvalue weighted by atomic mass is 9.94. The third-order valence-corrected chi connectivity index (χ3v) is 7.78. The monoisotopic (exact) mass is 506 g/mol. The van der Waals surface area contributed by atoms with Crippen LogP contribution in [0.1, 0.15) is 27.7 Å². The van der Waals surface area contributed by atoms with Gasteiger partial charge in [0.15, 0.2) is 23.7 Å². The van der Waals surface area contributed by atoms with E-state index in [1.54, 1.807) is 0 Å². The average Bonchev–Trinajstić information content (AvgIpc) is 2.54. The number of carbonyl (C=O) groups is 4. The molecule has 0 spiro atoms. The Morgan fingerprint density at radius 3 is 1.53 bits per heavy atom. The molecule has 0 radical (unpaired) electrons. The van der Waals surface area contributed by atoms with Crippen molar-refractivity contribution in [1.82, 2.24) is 0 Å². The maximum Gasteiger partial charge on any atom is 0.343 e. The van der Waals surface area contributed by atoms with Crippen molar-refractivity contribution < 1.29 is 71.6 Å². The van der Waals surface area contributed by atoms with Crippen LogP contribution in [0.15, 0.2) is 0 Å². The highest BCUT2D eigenvalue weighted by atomic mass is 31.2. The first kappa shape index (κ1) is 28.2. The quantitative estimate of drug-likeness (QED) is 0.172. The minimum absolute atomic E-state index is 0.733. The molecule has 1 saturated heterocycles. The molecule has 0 aromatic rings. The third kappa shape index (κ3) is 7.93. The van der Waals surface area contributed by atoms with Crippen molar-refractivity contribution in [2.45, 2.75) is 63.6 Å². The Hall–Kier alpha value is -1.86. The molecule has 1 aliphatic heterocycles. The first-order valence-electron chi connectivity index (χ1n) is 8.86. The van der Waals surface area contributed by atoms with E-state index in [-0.39, 0.29) is 0 Å². The SMILES string of the molecule is CC(=O)OC[C@H]1OC(C(P(=O)(O)O)P(=O)(O)O)[C@H](OC(C)=O)[C@@H](OC(C)=O)[C@H]1OC(C)=O. The Balaban J connectivity index is 3.69. The molecule has 0 saturated carbocycles. The molecule has 15 nitrogen and oxygen atoms in total. The molecular weight excluding hydrogens is 482 g/mol. The number of hydrogen-bond acceptors (Lipinski definition) is 11. The van der Waals surface area contributed by atoms with Crippen molar-refractivity contribution in [3.63, 3.8) is 0 Å². The Bertz CT molecular complexity index is 807. The second-order valence-electron chi connectivity index (χ2n) is 6.76. The molecule has 5 atom stereocenters. The lowest BCUT2D eigenvalue weighted by Crippen LogP contribution is -2.64. The van der Waals surface area contributed by atoms with Gasteiger partial charge in [0.05, 0.1) is 0 Å². The van der Waals surface area contributed by atoms with Crippen LogP contribution in [0.4, 0.5) is 0 Å². The molecule has 4 N–H and O–H groups in total. The van der Waals surface area contributed by atoms with Gasteiger partial charge in [-0.2, -0.15) is 0 Å². The molecular formula is C15H24O15P2. The summed E-state index contributed by atoms with van der Waals surface area (Å²) in [5.41, 5.74) is 0. The first-order valence-corrected chi connectivity index (χ1v) is 12.2. The molecule has 0 aromatic heterocycles. The van der Waals surface area contributed by atoms with Crippen molar-refractivity contribution >= 4 is 39.1 Å². The number of carbonyl (C=O) groups excluding carboxylic acids is 4. The molecule has 0 amide bonds. The van der Waals surface area contributed by atoms with Gasteiger partial charge in [-0.05, 0) is 0 Å². The first-order chi connectivity index (χ1) is 14.4. The zero-order valence-electron chi connectivity index (χ0n) is 17.3. The number of rotatable bonds is 8. The highest BCUT2D eigenvalue weighted by Crippen LogP contribution is 2.63. The van der Waals surface area contributed by atoms with Gasteiger partial charge in [0, 0.05) is 27.7 Å². The smallest absolute Gasteiger partial charge is 0.343 e. The predicted octanol–water partition coefficient (Wildman–Crippen LogP) is -1.21. The summed E-state index contributed by atoms with van der Waals surface area (Å²) in [7, 11) is -11.3. The van der Waals surface area contributed by atoms with Crippen molar-refractivity contribution in [2.75, 3.05) is 6.61 Å². The van der Waals surface area contributed by atoms with Gasteiger partial charge in [-0.25, -0.2) is 0 Å². The Morgan fingerprint density at radius 2 is 1.16 bits per heavy atom. The molecule has 32 heavy (non-hydrogen) atoms. The maximum absolute atomic E-state index is 12.0. The minimum atomic E-state index is -5.65. The highest BCUT2D eigenvalue weighted by Gasteiger charge is 2.61. The van der Waals surface area contributed by atoms with Crippen LogP contribution >= 0.6 is 15.2 Å². The predicted molar refractivity (Wildman–Crippen MR) is 99.8 cm³/mol. The molecule has 1 rings (SSSR count). The summed E-state index contributed by atoms with van der Waals surface area (Å²) in [4.78, 5) is 84.7. The van der Waals surface area contributed by atoms with E-state index in [9.17, 15) is 47.9 Å². The summed E-state index contributed by atoms with van der Waals surface area (Å²) in [6.07, 6.45) is -9.40. The van der Waals surface area contributed by atoms with Crippen molar-refractivity contribution in [2.24, 2.45) is 0 Å². The van der Waals surface area contributed by atoms with E-state index in [1.165, 1.54) is 0 Å². The largest absolute Gasteiger partial charge is 0.463 e. The van der Waals surface area contributed by atoms with E-state index in [2.05, 4.69) is 0 Å². The van der Waals surface area contributed by atoms with Crippen LogP contribution in [0, 0.1) is 0 Å². The van der Waals surface area contributed by atoms with Crippen molar-refractivity contribution in [1.29, 1.82) is 0 Å². The highest BCUT2D eigenvalue weighted by molar-refractivity contribution is 7.71. The van der Waals surface area contributed by atoms with Gasteiger partial charge in [0.25, 0.3) is 0 Å². The second-order valence-corrected chi connectivity index (χ2v) is 10.6. The summed E-state index contributed by atoms with van der Waals surface area (Å²) >= 11 is 0. The summed E-state index contributed by atoms with van der Waals surface area (Å²) in [5.74, 6) is -3.93. The number of esters is 4. The van der Waals surface area contributed by atoms with Crippen LogP contribution in [-0.4, -0.2) is 86.0 Å². The maximum atomic E-state index is 12.0. The third-order valence-electron chi connectivity index (χ3n) is 4.01. The summed E-state index contributed by atoms with van der Waals surface area (Å²) in [5, 5.41) is -2.87. The van der Waals surface area contributed by atoms with Crippen LogP contribution in [0.5, 0.6) is 0 Å². The minimum Gasteiger partial charge on any atom is -0.463 e. The van der Waals surface area contributed by atoms with Crippen LogP contribution < -0.4 is 0 Å². The van der Waals surface area contributed by atoms with Gasteiger partial charge < -0.3 is 43.3 Å². The Kier molecular flexibility index (Phi) is 9.54. The van der Waals surface area contributed by atoms with E-state index in [0.717, 1.165) is 27.7 Å². The van der Waals surface area contributed by atoms with Crippen molar-refractivity contribution in [3.8, 4) is 0 Å². The van der Waals surface area contributed by atoms with Gasteiger partial charge >= 0.3 is 39.1 Å². The molecule has 1 fully saturated rings. The van der Waals surface area contributed by atoms with E-state index in [0.29, 0.717) is 0 Å². The zero-order valence-corrected chi connectivity index (χ0v) is 19.1. The molecule has 17 heteroatoms. The van der Waals surface area contributed by atoms with Gasteiger partial charge in [-0.3, -0.25) is 28.3 Å². The standard InChI is InChI=1S/C15H24O15P2/c1-6(16)26-5-10-11(27-7(2)17)12(28-8(3)18)13(29-9(4)19)14(30-10)15(31(20,21)22)32(23,24)25/h10-15H,5H2,1-4H3,(H2,20,21,22)(H2,23,24,25)/t10-,11+,12+,13-,14?/m1/s1. The van der Waals surface area contributed by atoms with E-state index < -0.39 is 81.6 Å². The number of hydrogen-bond donors (Lipinski definition) is 4. The summed E-state index contributed by atoms with van der Waals surface area (Å²) < 4.78 is 49.1. The summed E-state index contributed by atoms with van der Waals surface area (Å²) in [6.45, 7) is 2.99. The molecule has 0 aliphatic carbocycles. The molecule has 184 valence electrons. The van der Waals surface area contributed by atoms with Crippen LogP contribution in [0.25, 0.3) is 0 Å². The molecule has 1 aliphatic rings. The molecule has 0 aromatic carbocycles. The second kappa shape index (κ2) is 10.8. The van der Waals surface area contributed by atoms with Crippen LogP contribution in [0.2, 0.25) is 0 Å². The van der Waals surface area contributed by atoms with Crippen molar-refractivity contribution in [3.05, 3.63) is 0 Å². The fourth-order valence-corrected chi connectivity index (χ4v) is 5.89. The molecule has 1 heterocycles. The fourth-order valence-electron chi connectivity index (χ4n) is 3.08. The van der Waals surface area contributed by atoms with Gasteiger partial charge in [-0.15, -0.1) is 0 Å². The lowest BCUT2D eigenvalue weighted by molar-refractivity contribution is -0.251. The van der Waals surface area contributed by atoms with Crippen LogP contribution in [-0.2, 0) is 52.0 Å². The Morgan fingerprint density at radius 1 is 0.750 bits per heavy atom. The fraction of sp³-hybridized carbons (Fsp3) is 0.733. The summed E-state index contributed by atoms with van der Waals surface area (Å²) in [6, 6.07) is 0. The Labute approximate surface area is 181 Å². The molecule has 1 unspecified atom stereocenters. The zero-order chi connectivity index (χ0) is 25.0. The van der Waals surface area contributed by atoms with E-state index in [1.807, 2.05) is 0 Å². The lowest BCUT2D eigenvalue weighted by Gasteiger charge is -2.46.